The summed E-state index contributed by atoms with van der Waals surface area (Å²) in [5.74, 6) is 0.907. The van der Waals surface area contributed by atoms with Crippen LogP contribution < -0.4 is 5.32 Å². The Morgan fingerprint density at radius 3 is 2.38 bits per heavy atom. The van der Waals surface area contributed by atoms with Gasteiger partial charge in [-0.05, 0) is 46.1 Å². The lowest BCUT2D eigenvalue weighted by atomic mass is 10.0. The van der Waals surface area contributed by atoms with E-state index in [0.29, 0.717) is 6.04 Å². The summed E-state index contributed by atoms with van der Waals surface area (Å²) < 4.78 is 8.16. The highest BCUT2D eigenvalue weighted by atomic mass is 16.4. The first-order chi connectivity index (χ1) is 12.5. The van der Waals surface area contributed by atoms with Crippen LogP contribution in [-0.2, 0) is 0 Å². The average Bonchev–Trinajstić information content (AvgIpc) is 3.03. The molecule has 1 N–H and O–H groups in total. The van der Waals surface area contributed by atoms with Crippen LogP contribution in [0, 0.1) is 27.7 Å². The van der Waals surface area contributed by atoms with Crippen molar-refractivity contribution in [2.75, 3.05) is 5.32 Å². The number of oxazole rings is 1. The molecular formula is C22H31N3O. The van der Waals surface area contributed by atoms with Crippen LogP contribution in [0.5, 0.6) is 0 Å². The van der Waals surface area contributed by atoms with Gasteiger partial charge in [0.2, 0.25) is 5.71 Å². The SMILES string of the molecule is CCCC(CCC)Nc1c(C)nn2c(-c3ccc(C)cc3C)c(C)oc12. The summed E-state index contributed by atoms with van der Waals surface area (Å²) in [7, 11) is 0. The molecule has 0 fully saturated rings. The largest absolute Gasteiger partial charge is 0.440 e. The van der Waals surface area contributed by atoms with E-state index < -0.39 is 0 Å². The Bertz CT molecular complexity index is 898. The first-order valence-electron chi connectivity index (χ1n) is 9.79. The van der Waals surface area contributed by atoms with Crippen molar-refractivity contribution in [3.63, 3.8) is 0 Å². The van der Waals surface area contributed by atoms with Crippen LogP contribution in [0.1, 0.15) is 62.1 Å². The molecule has 140 valence electrons. The molecule has 0 aliphatic carbocycles. The van der Waals surface area contributed by atoms with E-state index in [-0.39, 0.29) is 0 Å². The zero-order valence-electron chi connectivity index (χ0n) is 16.9. The molecule has 26 heavy (non-hydrogen) atoms. The predicted molar refractivity (Wildman–Crippen MR) is 109 cm³/mol. The number of rotatable bonds is 7. The number of aromatic nitrogens is 2. The molecule has 4 heteroatoms. The highest BCUT2D eigenvalue weighted by molar-refractivity contribution is 5.76. The molecule has 0 amide bonds. The van der Waals surface area contributed by atoms with Crippen molar-refractivity contribution in [3.8, 4) is 11.3 Å². The molecule has 3 aromatic rings. The molecule has 2 aromatic heterocycles. The van der Waals surface area contributed by atoms with Crippen molar-refractivity contribution in [1.82, 2.24) is 9.61 Å². The van der Waals surface area contributed by atoms with Crippen molar-refractivity contribution in [3.05, 3.63) is 40.8 Å². The van der Waals surface area contributed by atoms with Crippen LogP contribution in [0.4, 0.5) is 5.69 Å². The fourth-order valence-corrected chi connectivity index (χ4v) is 3.83. The number of nitrogens with zero attached hydrogens (tertiary/aromatic N) is 2. The summed E-state index contributed by atoms with van der Waals surface area (Å²) in [6, 6.07) is 6.99. The molecule has 3 rings (SSSR count). The number of benzene rings is 1. The Kier molecular flexibility index (Phi) is 5.40. The summed E-state index contributed by atoms with van der Waals surface area (Å²) in [6.45, 7) is 12.8. The highest BCUT2D eigenvalue weighted by Crippen LogP contribution is 2.34. The van der Waals surface area contributed by atoms with Gasteiger partial charge in [-0.2, -0.15) is 9.61 Å². The van der Waals surface area contributed by atoms with Gasteiger partial charge in [0.1, 0.15) is 17.1 Å². The first-order valence-corrected chi connectivity index (χ1v) is 9.79. The van der Waals surface area contributed by atoms with Gasteiger partial charge in [-0.3, -0.25) is 0 Å². The highest BCUT2D eigenvalue weighted by Gasteiger charge is 2.22. The quantitative estimate of drug-likeness (QED) is 0.549. The van der Waals surface area contributed by atoms with Crippen LogP contribution in [0.3, 0.4) is 0 Å². The minimum absolute atomic E-state index is 0.465. The zero-order chi connectivity index (χ0) is 18.8. The van der Waals surface area contributed by atoms with Crippen LogP contribution in [0.25, 0.3) is 17.0 Å². The first kappa shape index (κ1) is 18.6. The Morgan fingerprint density at radius 2 is 1.77 bits per heavy atom. The number of hydrogen-bond donors (Lipinski definition) is 1. The molecule has 0 saturated heterocycles. The second-order valence-electron chi connectivity index (χ2n) is 7.42. The van der Waals surface area contributed by atoms with Gasteiger partial charge < -0.3 is 9.73 Å². The minimum Gasteiger partial charge on any atom is -0.440 e. The van der Waals surface area contributed by atoms with Gasteiger partial charge in [0.25, 0.3) is 0 Å². The minimum atomic E-state index is 0.465. The molecular weight excluding hydrogens is 322 g/mol. The Labute approximate surface area is 156 Å². The lowest BCUT2D eigenvalue weighted by molar-refractivity contribution is 0.565. The lowest BCUT2D eigenvalue weighted by Crippen LogP contribution is -2.19. The van der Waals surface area contributed by atoms with Crippen molar-refractivity contribution in [2.24, 2.45) is 0 Å². The fraction of sp³-hybridized carbons (Fsp3) is 0.500. The standard InChI is InChI=1S/C22H31N3O/c1-7-9-18(10-8-2)23-20-16(5)24-25-21(17(6)26-22(20)25)19-12-11-14(3)13-15(19)4/h11-13,18,23H,7-10H2,1-6H3. The third kappa shape index (κ3) is 3.37. The molecule has 0 unspecified atom stereocenters. The van der Waals surface area contributed by atoms with Crippen molar-refractivity contribution >= 4 is 11.4 Å². The van der Waals surface area contributed by atoms with Gasteiger partial charge in [-0.25, -0.2) is 0 Å². The van der Waals surface area contributed by atoms with Crippen LogP contribution >= 0.6 is 0 Å². The summed E-state index contributed by atoms with van der Waals surface area (Å²) in [4.78, 5) is 0. The molecule has 0 bridgehead atoms. The second-order valence-corrected chi connectivity index (χ2v) is 7.42. The van der Waals surface area contributed by atoms with Crippen LogP contribution in [0.15, 0.2) is 22.6 Å². The number of hydrogen-bond acceptors (Lipinski definition) is 3. The van der Waals surface area contributed by atoms with Gasteiger partial charge in [0.05, 0.1) is 5.69 Å². The van der Waals surface area contributed by atoms with E-state index in [1.54, 1.807) is 0 Å². The number of fused-ring (bicyclic) bond motifs is 1. The van der Waals surface area contributed by atoms with E-state index in [1.165, 1.54) is 29.5 Å². The smallest absolute Gasteiger partial charge is 0.246 e. The topological polar surface area (TPSA) is 42.5 Å². The van der Waals surface area contributed by atoms with Gasteiger partial charge in [0, 0.05) is 11.6 Å². The molecule has 4 nitrogen and oxygen atoms in total. The van der Waals surface area contributed by atoms with Crippen LogP contribution in [0.2, 0.25) is 0 Å². The van der Waals surface area contributed by atoms with E-state index in [2.05, 4.69) is 58.1 Å². The molecule has 0 radical (unpaired) electrons. The molecule has 0 aliphatic heterocycles. The van der Waals surface area contributed by atoms with Gasteiger partial charge in [-0.15, -0.1) is 0 Å². The molecule has 0 spiro atoms. The summed E-state index contributed by atoms with van der Waals surface area (Å²) >= 11 is 0. The van der Waals surface area contributed by atoms with E-state index in [9.17, 15) is 0 Å². The van der Waals surface area contributed by atoms with E-state index in [4.69, 9.17) is 9.52 Å². The Hall–Kier alpha value is -2.23. The van der Waals surface area contributed by atoms with Crippen molar-refractivity contribution < 1.29 is 4.42 Å². The normalized spacial score (nSPS) is 11.7. The predicted octanol–water partition coefficient (Wildman–Crippen LogP) is 6.21. The van der Waals surface area contributed by atoms with Crippen molar-refractivity contribution in [2.45, 2.75) is 73.3 Å². The molecule has 0 saturated carbocycles. The molecule has 1 aromatic carbocycles. The maximum atomic E-state index is 6.19. The third-order valence-electron chi connectivity index (χ3n) is 5.07. The Morgan fingerprint density at radius 1 is 1.08 bits per heavy atom. The number of anilines is 1. The molecule has 2 heterocycles. The third-order valence-corrected chi connectivity index (χ3v) is 5.07. The zero-order valence-corrected chi connectivity index (χ0v) is 16.9. The van der Waals surface area contributed by atoms with Crippen LogP contribution in [-0.4, -0.2) is 15.7 Å². The van der Waals surface area contributed by atoms with E-state index >= 15 is 0 Å². The van der Waals surface area contributed by atoms with E-state index in [1.807, 2.05) is 11.4 Å². The fourth-order valence-electron chi connectivity index (χ4n) is 3.83. The molecule has 0 atom stereocenters. The van der Waals surface area contributed by atoms with Gasteiger partial charge in [0.15, 0.2) is 0 Å². The average molecular weight is 354 g/mol. The monoisotopic (exact) mass is 353 g/mol. The summed E-state index contributed by atoms with van der Waals surface area (Å²) in [6.07, 6.45) is 4.67. The van der Waals surface area contributed by atoms with Gasteiger partial charge >= 0.3 is 0 Å². The van der Waals surface area contributed by atoms with Crippen molar-refractivity contribution in [1.29, 1.82) is 0 Å². The lowest BCUT2D eigenvalue weighted by Gasteiger charge is -2.17. The maximum Gasteiger partial charge on any atom is 0.246 e. The van der Waals surface area contributed by atoms with E-state index in [0.717, 1.165) is 41.4 Å². The summed E-state index contributed by atoms with van der Waals surface area (Å²) in [5, 5.41) is 8.52. The summed E-state index contributed by atoms with van der Waals surface area (Å²) in [5.41, 5.74) is 7.60. The number of nitrogens with one attached hydrogen (secondary N) is 1. The number of aryl methyl sites for hydroxylation is 4. The van der Waals surface area contributed by atoms with Gasteiger partial charge in [-0.1, -0.05) is 50.5 Å². The maximum absolute atomic E-state index is 6.19. The Balaban J connectivity index is 2.08. The second kappa shape index (κ2) is 7.56. The molecule has 0 aliphatic rings.